The SMILES string of the molecule is CC(C)(O/N=C(\C(=O)N[C@@H]1C(=O)N(S(=O)(=O)O)[C@@H]1COC(=O)C(N)C(=O)c1cc(=O)c(O)cn1O)c1csc(N)n1)C(=O)O. The second-order valence-electron chi connectivity index (χ2n) is 9.27. The summed E-state index contributed by atoms with van der Waals surface area (Å²) in [6.07, 6.45) is 0.454. The predicted octanol–water partition coefficient (Wildman–Crippen LogP) is -3.33. The number of ketones is 1. The lowest BCUT2D eigenvalue weighted by Gasteiger charge is -2.43. The minimum Gasteiger partial charge on any atom is -0.503 e. The summed E-state index contributed by atoms with van der Waals surface area (Å²) in [6, 6.07) is -5.38. The number of nitrogen functional groups attached to an aromatic ring is 1. The van der Waals surface area contributed by atoms with Gasteiger partial charge < -0.3 is 41.8 Å². The van der Waals surface area contributed by atoms with Crippen LogP contribution in [0.1, 0.15) is 30.0 Å². The number of carboxylic acids is 1. The number of esters is 1. The van der Waals surface area contributed by atoms with E-state index in [4.69, 9.17) is 21.0 Å². The molecule has 3 atom stereocenters. The Morgan fingerprint density at radius 1 is 1.27 bits per heavy atom. The molecular weight excluding hydrogens is 638 g/mol. The summed E-state index contributed by atoms with van der Waals surface area (Å²) in [5.41, 5.74) is 6.31. The molecule has 3 rings (SSSR count). The number of aromatic nitrogens is 2. The zero-order chi connectivity index (χ0) is 33.3. The number of rotatable bonds is 12. The number of hydrogen-bond donors (Lipinski definition) is 7. The Labute approximate surface area is 249 Å². The van der Waals surface area contributed by atoms with Crippen molar-refractivity contribution in [3.05, 3.63) is 39.3 Å². The number of pyridine rings is 1. The van der Waals surface area contributed by atoms with Gasteiger partial charge in [-0.15, -0.1) is 11.3 Å². The van der Waals surface area contributed by atoms with E-state index >= 15 is 0 Å². The quantitative estimate of drug-likeness (QED) is 0.0171. The maximum absolute atomic E-state index is 13.1. The van der Waals surface area contributed by atoms with E-state index in [1.165, 1.54) is 5.38 Å². The Hall–Kier alpha value is -5.13. The van der Waals surface area contributed by atoms with Crippen molar-refractivity contribution in [3.8, 4) is 5.75 Å². The molecule has 1 fully saturated rings. The molecule has 1 unspecified atom stereocenters. The van der Waals surface area contributed by atoms with Crippen LogP contribution in [-0.2, 0) is 39.1 Å². The summed E-state index contributed by atoms with van der Waals surface area (Å²) in [4.78, 5) is 82.4. The number of carbonyl (C=O) groups is 5. The first-order chi connectivity index (χ1) is 20.3. The van der Waals surface area contributed by atoms with Gasteiger partial charge in [0.05, 0.1) is 6.20 Å². The summed E-state index contributed by atoms with van der Waals surface area (Å²) in [5.74, 6) is -8.00. The highest BCUT2D eigenvalue weighted by atomic mass is 32.2. The Bertz CT molecular complexity index is 1730. The van der Waals surface area contributed by atoms with Gasteiger partial charge in [0, 0.05) is 11.4 Å². The Balaban J connectivity index is 1.82. The molecule has 3 heterocycles. The van der Waals surface area contributed by atoms with Gasteiger partial charge in [-0.3, -0.25) is 23.7 Å². The second-order valence-corrected chi connectivity index (χ2v) is 11.5. The van der Waals surface area contributed by atoms with Crippen LogP contribution in [-0.4, -0.2) is 108 Å². The van der Waals surface area contributed by atoms with Crippen LogP contribution in [0.3, 0.4) is 0 Å². The third-order valence-corrected chi connectivity index (χ3v) is 7.38. The van der Waals surface area contributed by atoms with E-state index in [9.17, 15) is 57.2 Å². The minimum atomic E-state index is -5.28. The molecule has 2 aromatic heterocycles. The van der Waals surface area contributed by atoms with Crippen molar-refractivity contribution in [1.29, 1.82) is 0 Å². The lowest BCUT2D eigenvalue weighted by Crippen LogP contribution is -2.73. The number of anilines is 1. The molecule has 44 heavy (non-hydrogen) atoms. The summed E-state index contributed by atoms with van der Waals surface area (Å²) in [7, 11) is -5.28. The maximum Gasteiger partial charge on any atom is 0.362 e. The summed E-state index contributed by atoms with van der Waals surface area (Å²) < 4.78 is 37.8. The number of carboxylic acid groups (broad SMARTS) is 1. The van der Waals surface area contributed by atoms with Crippen LogP contribution in [0.15, 0.2) is 27.6 Å². The molecule has 1 aliphatic heterocycles. The molecule has 0 aromatic carbocycles. The summed E-state index contributed by atoms with van der Waals surface area (Å²) >= 11 is 0.853. The fourth-order valence-corrected chi connectivity index (χ4v) is 4.77. The zero-order valence-corrected chi connectivity index (χ0v) is 23.9. The fourth-order valence-electron chi connectivity index (χ4n) is 3.36. The fraction of sp³-hybridized carbons (Fsp3) is 0.333. The largest absolute Gasteiger partial charge is 0.503 e. The second kappa shape index (κ2) is 12.2. The predicted molar refractivity (Wildman–Crippen MR) is 143 cm³/mol. The van der Waals surface area contributed by atoms with Crippen LogP contribution < -0.4 is 22.2 Å². The molecule has 9 N–H and O–H groups in total. The van der Waals surface area contributed by atoms with Crippen molar-refractivity contribution in [2.24, 2.45) is 10.9 Å². The summed E-state index contributed by atoms with van der Waals surface area (Å²) in [6.45, 7) is 1.12. The molecule has 2 amide bonds. The number of amides is 2. The van der Waals surface area contributed by atoms with Crippen molar-refractivity contribution in [1.82, 2.24) is 19.3 Å². The lowest BCUT2D eigenvalue weighted by molar-refractivity contribution is -0.161. The van der Waals surface area contributed by atoms with Crippen molar-refractivity contribution < 1.29 is 61.9 Å². The van der Waals surface area contributed by atoms with Crippen LogP contribution in [0.4, 0.5) is 5.13 Å². The number of ether oxygens (including phenoxy) is 1. The molecule has 0 aliphatic carbocycles. The molecule has 1 aliphatic rings. The van der Waals surface area contributed by atoms with Gasteiger partial charge in [0.1, 0.15) is 30.1 Å². The first-order valence-electron chi connectivity index (χ1n) is 11.7. The van der Waals surface area contributed by atoms with Crippen LogP contribution in [0.25, 0.3) is 0 Å². The van der Waals surface area contributed by atoms with E-state index in [0.717, 1.165) is 25.2 Å². The average Bonchev–Trinajstić information content (AvgIpc) is 3.35. The van der Waals surface area contributed by atoms with Crippen LogP contribution in [0.2, 0.25) is 0 Å². The van der Waals surface area contributed by atoms with Crippen molar-refractivity contribution in [3.63, 3.8) is 0 Å². The van der Waals surface area contributed by atoms with Crippen molar-refractivity contribution >= 4 is 62.0 Å². The first-order valence-corrected chi connectivity index (χ1v) is 14.0. The normalized spacial score (nSPS) is 17.8. The number of carbonyl (C=O) groups excluding carboxylic acids is 4. The standard InChI is InChI=1S/C21H23N7O14S2/c1-21(2,19(35)36)42-26-13(7-6-43-20(23)24-7)16(32)25-14-9(28(17(14)33)44(38,39)40)5-41-18(34)12(22)15(31)8-3-10(29)11(30)4-27(8)37/h3-4,6,9,12,14,30,37H,5,22H2,1-2H3,(H2,23,24)(H,25,32)(H,35,36)(H,38,39,40)/b26-13-/t9-,12?,14+/m1/s1. The van der Waals surface area contributed by atoms with Gasteiger partial charge in [0.2, 0.25) is 16.8 Å². The molecule has 0 radical (unpaired) electrons. The van der Waals surface area contributed by atoms with Crippen molar-refractivity contribution in [2.45, 2.75) is 37.6 Å². The smallest absolute Gasteiger partial charge is 0.362 e. The highest BCUT2D eigenvalue weighted by molar-refractivity contribution is 7.84. The molecule has 0 bridgehead atoms. The van der Waals surface area contributed by atoms with E-state index in [0.29, 0.717) is 12.3 Å². The van der Waals surface area contributed by atoms with Gasteiger partial charge >= 0.3 is 22.2 Å². The number of β-lactam (4-membered cyclic amide) rings is 1. The Kier molecular flexibility index (Phi) is 9.28. The van der Waals surface area contributed by atoms with Crippen LogP contribution in [0.5, 0.6) is 5.75 Å². The third-order valence-electron chi connectivity index (χ3n) is 5.76. The zero-order valence-electron chi connectivity index (χ0n) is 22.3. The van der Waals surface area contributed by atoms with E-state index in [-0.39, 0.29) is 19.9 Å². The molecule has 23 heteroatoms. The van der Waals surface area contributed by atoms with Gasteiger partial charge in [0.25, 0.3) is 11.8 Å². The number of hydrogen-bond acceptors (Lipinski definition) is 17. The maximum atomic E-state index is 13.1. The number of nitrogens with two attached hydrogens (primary N) is 2. The van der Waals surface area contributed by atoms with Gasteiger partial charge in [0.15, 0.2) is 22.6 Å². The van der Waals surface area contributed by atoms with Gasteiger partial charge in [-0.1, -0.05) is 5.16 Å². The molecule has 1 saturated heterocycles. The average molecular weight is 662 g/mol. The highest BCUT2D eigenvalue weighted by Crippen LogP contribution is 2.25. The van der Waals surface area contributed by atoms with Gasteiger partial charge in [-0.25, -0.2) is 18.9 Å². The molecule has 0 spiro atoms. The Morgan fingerprint density at radius 2 is 1.91 bits per heavy atom. The van der Waals surface area contributed by atoms with E-state index < -0.39 is 92.8 Å². The number of nitrogens with zero attached hydrogens (tertiary/aromatic N) is 4. The molecule has 2 aromatic rings. The topological polar surface area (TPSA) is 333 Å². The van der Waals surface area contributed by atoms with Gasteiger partial charge in [-0.2, -0.15) is 13.1 Å². The lowest BCUT2D eigenvalue weighted by atomic mass is 9.99. The summed E-state index contributed by atoms with van der Waals surface area (Å²) in [5, 5.41) is 35.1. The minimum absolute atomic E-state index is 0.0127. The molecule has 0 saturated carbocycles. The van der Waals surface area contributed by atoms with E-state index in [1.807, 2.05) is 0 Å². The first kappa shape index (κ1) is 33.4. The number of oxime groups is 1. The number of aliphatic carboxylic acids is 1. The van der Waals surface area contributed by atoms with Crippen molar-refractivity contribution in [2.75, 3.05) is 12.3 Å². The molecular formula is C21H23N7O14S2. The van der Waals surface area contributed by atoms with E-state index in [2.05, 4.69) is 15.5 Å². The number of aromatic hydroxyl groups is 1. The molecule has 21 nitrogen and oxygen atoms in total. The monoisotopic (exact) mass is 661 g/mol. The van der Waals surface area contributed by atoms with Crippen LogP contribution >= 0.6 is 11.3 Å². The highest BCUT2D eigenvalue weighted by Gasteiger charge is 2.55. The number of Topliss-reactive ketones (excluding diaryl/α,β-unsaturated/α-hetero) is 1. The number of nitrogens with one attached hydrogen (secondary N) is 1. The molecule has 238 valence electrons. The third kappa shape index (κ3) is 6.91. The Morgan fingerprint density at radius 3 is 2.45 bits per heavy atom. The van der Waals surface area contributed by atoms with Gasteiger partial charge in [-0.05, 0) is 13.8 Å². The number of thiazole rings is 1. The van der Waals surface area contributed by atoms with Crippen LogP contribution in [0, 0.1) is 0 Å². The van der Waals surface area contributed by atoms with E-state index in [1.54, 1.807) is 0 Å².